The van der Waals surface area contributed by atoms with Crippen LogP contribution < -0.4 is 10.1 Å². The van der Waals surface area contributed by atoms with Gasteiger partial charge < -0.3 is 10.1 Å². The molecule has 0 bridgehead atoms. The van der Waals surface area contributed by atoms with Crippen LogP contribution in [0.5, 0.6) is 5.75 Å². The molecule has 0 aliphatic heterocycles. The molecule has 0 saturated heterocycles. The van der Waals surface area contributed by atoms with Gasteiger partial charge in [0.1, 0.15) is 11.6 Å². The van der Waals surface area contributed by atoms with Gasteiger partial charge in [-0.2, -0.15) is 0 Å². The van der Waals surface area contributed by atoms with Crippen LogP contribution in [0.1, 0.15) is 5.56 Å². The summed E-state index contributed by atoms with van der Waals surface area (Å²) >= 11 is 0. The highest BCUT2D eigenvalue weighted by atomic mass is 19.1. The maximum atomic E-state index is 13.4. The summed E-state index contributed by atoms with van der Waals surface area (Å²) in [7, 11) is 1.53. The summed E-state index contributed by atoms with van der Waals surface area (Å²) < 4.78 is 18.6. The number of rotatable bonds is 4. The molecule has 1 N–H and O–H groups in total. The molecule has 0 radical (unpaired) electrons. The van der Waals surface area contributed by atoms with Crippen molar-refractivity contribution in [1.29, 1.82) is 0 Å². The van der Waals surface area contributed by atoms with Crippen molar-refractivity contribution in [3.63, 3.8) is 0 Å². The smallest absolute Gasteiger partial charge is 0.229 e. The van der Waals surface area contributed by atoms with Crippen molar-refractivity contribution in [3.8, 4) is 5.75 Å². The van der Waals surface area contributed by atoms with Gasteiger partial charge in [-0.15, -0.1) is 0 Å². The van der Waals surface area contributed by atoms with Gasteiger partial charge in [0.2, 0.25) is 5.91 Å². The zero-order valence-corrected chi connectivity index (χ0v) is 10.5. The minimum absolute atomic E-state index is 0.00920. The molecular formula is C15H14FNO2. The van der Waals surface area contributed by atoms with Crippen molar-refractivity contribution in [1.82, 2.24) is 0 Å². The number of methoxy groups -OCH3 is 1. The van der Waals surface area contributed by atoms with Crippen LogP contribution in [0.2, 0.25) is 0 Å². The van der Waals surface area contributed by atoms with E-state index in [1.165, 1.54) is 13.2 Å². The minimum Gasteiger partial charge on any atom is -0.495 e. The average molecular weight is 259 g/mol. The number of anilines is 1. The molecule has 0 fully saturated rings. The third-order valence-corrected chi connectivity index (χ3v) is 2.69. The first-order chi connectivity index (χ1) is 9.20. The Kier molecular flexibility index (Phi) is 4.13. The van der Waals surface area contributed by atoms with Crippen molar-refractivity contribution in [2.75, 3.05) is 12.4 Å². The Morgan fingerprint density at radius 2 is 1.84 bits per heavy atom. The van der Waals surface area contributed by atoms with Gasteiger partial charge in [-0.3, -0.25) is 4.79 Å². The molecule has 3 nitrogen and oxygen atoms in total. The van der Waals surface area contributed by atoms with Crippen molar-refractivity contribution in [2.24, 2.45) is 0 Å². The molecule has 2 aromatic carbocycles. The van der Waals surface area contributed by atoms with E-state index in [9.17, 15) is 9.18 Å². The molecule has 0 unspecified atom stereocenters. The van der Waals surface area contributed by atoms with E-state index in [0.717, 1.165) is 0 Å². The zero-order valence-electron chi connectivity index (χ0n) is 10.5. The SMILES string of the molecule is COc1ccccc1NC(=O)Cc1ccccc1F. The highest BCUT2D eigenvalue weighted by Gasteiger charge is 2.10. The van der Waals surface area contributed by atoms with E-state index in [1.54, 1.807) is 36.4 Å². The number of halogens is 1. The summed E-state index contributed by atoms with van der Waals surface area (Å²) in [5, 5.41) is 2.71. The number of para-hydroxylation sites is 2. The molecule has 0 aliphatic rings. The van der Waals surface area contributed by atoms with E-state index >= 15 is 0 Å². The highest BCUT2D eigenvalue weighted by Crippen LogP contribution is 2.23. The molecule has 0 saturated carbocycles. The molecule has 2 aromatic rings. The Morgan fingerprint density at radius 3 is 2.58 bits per heavy atom. The normalized spacial score (nSPS) is 10.0. The quantitative estimate of drug-likeness (QED) is 0.916. The summed E-state index contributed by atoms with van der Waals surface area (Å²) in [6.07, 6.45) is -0.00920. The predicted molar refractivity (Wildman–Crippen MR) is 71.7 cm³/mol. The van der Waals surface area contributed by atoms with E-state index in [2.05, 4.69) is 5.32 Å². The first-order valence-electron chi connectivity index (χ1n) is 5.87. The minimum atomic E-state index is -0.377. The van der Waals surface area contributed by atoms with Crippen molar-refractivity contribution < 1.29 is 13.9 Å². The third kappa shape index (κ3) is 3.31. The summed E-state index contributed by atoms with van der Waals surface area (Å²) in [5.41, 5.74) is 0.946. The van der Waals surface area contributed by atoms with Crippen molar-refractivity contribution >= 4 is 11.6 Å². The first-order valence-corrected chi connectivity index (χ1v) is 5.87. The summed E-state index contributed by atoms with van der Waals surface area (Å²) in [5.74, 6) is -0.0864. The summed E-state index contributed by atoms with van der Waals surface area (Å²) in [4.78, 5) is 11.9. The Morgan fingerprint density at radius 1 is 1.16 bits per heavy atom. The van der Waals surface area contributed by atoms with Crippen LogP contribution >= 0.6 is 0 Å². The molecule has 0 atom stereocenters. The molecule has 1 amide bonds. The van der Waals surface area contributed by atoms with Crippen molar-refractivity contribution in [3.05, 3.63) is 59.9 Å². The maximum Gasteiger partial charge on any atom is 0.229 e. The lowest BCUT2D eigenvalue weighted by molar-refractivity contribution is -0.115. The lowest BCUT2D eigenvalue weighted by Gasteiger charge is -2.10. The van der Waals surface area contributed by atoms with Crippen LogP contribution in [-0.4, -0.2) is 13.0 Å². The van der Waals surface area contributed by atoms with Crippen LogP contribution in [0.4, 0.5) is 10.1 Å². The van der Waals surface area contributed by atoms with Crippen LogP contribution in [0.15, 0.2) is 48.5 Å². The van der Waals surface area contributed by atoms with Gasteiger partial charge in [0.05, 0.1) is 19.2 Å². The number of nitrogens with one attached hydrogen (secondary N) is 1. The second-order valence-corrected chi connectivity index (χ2v) is 4.02. The molecule has 0 spiro atoms. The van der Waals surface area contributed by atoms with Crippen LogP contribution in [0.25, 0.3) is 0 Å². The van der Waals surface area contributed by atoms with E-state index < -0.39 is 0 Å². The van der Waals surface area contributed by atoms with E-state index in [-0.39, 0.29) is 18.1 Å². The molecule has 0 heterocycles. The third-order valence-electron chi connectivity index (χ3n) is 2.69. The zero-order chi connectivity index (χ0) is 13.7. The Hall–Kier alpha value is -2.36. The number of hydrogen-bond donors (Lipinski definition) is 1. The fraction of sp³-hybridized carbons (Fsp3) is 0.133. The fourth-order valence-corrected chi connectivity index (χ4v) is 1.76. The number of amides is 1. The second-order valence-electron chi connectivity index (χ2n) is 4.02. The number of benzene rings is 2. The van der Waals surface area contributed by atoms with Gasteiger partial charge in [0, 0.05) is 0 Å². The van der Waals surface area contributed by atoms with Gasteiger partial charge in [-0.1, -0.05) is 30.3 Å². The number of ether oxygens (including phenoxy) is 1. The highest BCUT2D eigenvalue weighted by molar-refractivity contribution is 5.93. The molecule has 0 aromatic heterocycles. The number of carbonyl (C=O) groups is 1. The van der Waals surface area contributed by atoms with Gasteiger partial charge in [-0.05, 0) is 23.8 Å². The van der Waals surface area contributed by atoms with E-state index in [1.807, 2.05) is 6.07 Å². The van der Waals surface area contributed by atoms with Gasteiger partial charge >= 0.3 is 0 Å². The van der Waals surface area contributed by atoms with Crippen LogP contribution in [0, 0.1) is 5.82 Å². The number of carbonyl (C=O) groups excluding carboxylic acids is 1. The Balaban J connectivity index is 2.08. The van der Waals surface area contributed by atoms with E-state index in [0.29, 0.717) is 17.0 Å². The molecule has 19 heavy (non-hydrogen) atoms. The Bertz CT molecular complexity index is 584. The van der Waals surface area contributed by atoms with Crippen molar-refractivity contribution in [2.45, 2.75) is 6.42 Å². The van der Waals surface area contributed by atoms with Gasteiger partial charge in [0.15, 0.2) is 0 Å². The fourth-order valence-electron chi connectivity index (χ4n) is 1.76. The van der Waals surface area contributed by atoms with Crippen LogP contribution in [0.3, 0.4) is 0 Å². The topological polar surface area (TPSA) is 38.3 Å². The maximum absolute atomic E-state index is 13.4. The molecule has 4 heteroatoms. The Labute approximate surface area is 111 Å². The first kappa shape index (κ1) is 13.1. The molecule has 98 valence electrons. The summed E-state index contributed by atoms with van der Waals surface area (Å²) in [6, 6.07) is 13.3. The van der Waals surface area contributed by atoms with Crippen LogP contribution in [-0.2, 0) is 11.2 Å². The monoisotopic (exact) mass is 259 g/mol. The average Bonchev–Trinajstić information content (AvgIpc) is 2.42. The van der Waals surface area contributed by atoms with E-state index in [4.69, 9.17) is 4.74 Å². The lowest BCUT2D eigenvalue weighted by Crippen LogP contribution is -2.15. The lowest BCUT2D eigenvalue weighted by atomic mass is 10.1. The molecule has 2 rings (SSSR count). The standard InChI is InChI=1S/C15H14FNO2/c1-19-14-9-5-4-8-13(14)17-15(18)10-11-6-2-3-7-12(11)16/h2-9H,10H2,1H3,(H,17,18). The predicted octanol–water partition coefficient (Wildman–Crippen LogP) is 3.02. The molecular weight excluding hydrogens is 245 g/mol. The summed E-state index contributed by atoms with van der Waals surface area (Å²) in [6.45, 7) is 0. The van der Waals surface area contributed by atoms with Gasteiger partial charge in [0.25, 0.3) is 0 Å². The number of hydrogen-bond acceptors (Lipinski definition) is 2. The largest absolute Gasteiger partial charge is 0.495 e. The van der Waals surface area contributed by atoms with Gasteiger partial charge in [-0.25, -0.2) is 4.39 Å². The molecule has 0 aliphatic carbocycles. The second kappa shape index (κ2) is 6.00.